The van der Waals surface area contributed by atoms with Gasteiger partial charge in [-0.1, -0.05) is 19.1 Å². The monoisotopic (exact) mass is 556 g/mol. The molecule has 0 atom stereocenters. The van der Waals surface area contributed by atoms with E-state index in [9.17, 15) is 9.59 Å². The van der Waals surface area contributed by atoms with Crippen molar-refractivity contribution in [1.29, 1.82) is 0 Å². The lowest BCUT2D eigenvalue weighted by Crippen LogP contribution is -2.36. The van der Waals surface area contributed by atoms with E-state index in [1.54, 1.807) is 44.6 Å². The number of aryl methyl sites for hydroxylation is 2. The molecule has 1 aliphatic heterocycles. The number of aromatic nitrogens is 6. The molecular formula is C30H36N8O3. The van der Waals surface area contributed by atoms with Crippen LogP contribution in [0.15, 0.2) is 47.7 Å². The number of anilines is 1. The first-order chi connectivity index (χ1) is 19.8. The zero-order valence-corrected chi connectivity index (χ0v) is 24.0. The molecule has 11 nitrogen and oxygen atoms in total. The summed E-state index contributed by atoms with van der Waals surface area (Å²) in [7, 11) is 1.73. The summed E-state index contributed by atoms with van der Waals surface area (Å²) < 4.78 is 8.54. The Bertz CT molecular complexity index is 1620. The maximum atomic E-state index is 13.2. The van der Waals surface area contributed by atoms with E-state index in [1.807, 2.05) is 30.8 Å². The fourth-order valence-electron chi connectivity index (χ4n) is 5.13. The number of hydrogen-bond acceptors (Lipinski definition) is 9. The van der Waals surface area contributed by atoms with E-state index in [4.69, 9.17) is 15.5 Å². The predicted molar refractivity (Wildman–Crippen MR) is 157 cm³/mol. The van der Waals surface area contributed by atoms with Gasteiger partial charge in [-0.15, -0.1) is 0 Å². The molecule has 5 rings (SSSR count). The van der Waals surface area contributed by atoms with Crippen LogP contribution in [-0.2, 0) is 4.74 Å². The number of nitrogen functional groups attached to an aromatic ring is 1. The normalized spacial score (nSPS) is 14.4. The Morgan fingerprint density at radius 3 is 2.61 bits per heavy atom. The van der Waals surface area contributed by atoms with Crippen molar-refractivity contribution in [2.24, 2.45) is 0 Å². The topological polar surface area (TPSA) is 134 Å². The van der Waals surface area contributed by atoms with Gasteiger partial charge in [0.15, 0.2) is 11.6 Å². The van der Waals surface area contributed by atoms with Crippen molar-refractivity contribution in [3.8, 4) is 28.3 Å². The Morgan fingerprint density at radius 1 is 1.10 bits per heavy atom. The standard InChI is InChI=1S/C30H36N8O3/c1-5-27(39)21-7-6-19(2)26(15-21)38-30(40)20(3)14-24(35-38)28-29(31)32-17-25(34-28)22-16-33-37(18-22)23-8-10-36(11-9-23)12-13-41-4/h6-7,14-18,23H,5,8-13H2,1-4H3,(H2,31,32). The largest absolute Gasteiger partial charge is 0.383 e. The molecule has 214 valence electrons. The number of rotatable bonds is 9. The minimum Gasteiger partial charge on any atom is -0.383 e. The van der Waals surface area contributed by atoms with Gasteiger partial charge < -0.3 is 15.4 Å². The van der Waals surface area contributed by atoms with Gasteiger partial charge in [-0.05, 0) is 44.4 Å². The highest BCUT2D eigenvalue weighted by Crippen LogP contribution is 2.28. The first-order valence-corrected chi connectivity index (χ1v) is 13.9. The van der Waals surface area contributed by atoms with Crippen LogP contribution >= 0.6 is 0 Å². The van der Waals surface area contributed by atoms with Crippen LogP contribution in [0.3, 0.4) is 0 Å². The van der Waals surface area contributed by atoms with E-state index in [0.29, 0.717) is 46.4 Å². The van der Waals surface area contributed by atoms with Crippen molar-refractivity contribution >= 4 is 11.6 Å². The van der Waals surface area contributed by atoms with Crippen molar-refractivity contribution in [3.05, 3.63) is 69.9 Å². The number of carbonyl (C=O) groups is 1. The maximum Gasteiger partial charge on any atom is 0.274 e. The van der Waals surface area contributed by atoms with Gasteiger partial charge in [0.25, 0.3) is 5.56 Å². The second-order valence-corrected chi connectivity index (χ2v) is 10.5. The van der Waals surface area contributed by atoms with Gasteiger partial charge in [0.1, 0.15) is 11.4 Å². The third-order valence-electron chi connectivity index (χ3n) is 7.65. The molecule has 0 bridgehead atoms. The quantitative estimate of drug-likeness (QED) is 0.307. The minimum atomic E-state index is -0.282. The molecule has 0 amide bonds. The summed E-state index contributed by atoms with van der Waals surface area (Å²) in [4.78, 5) is 37.2. The molecule has 4 heterocycles. The SMILES string of the molecule is CCC(=O)c1ccc(C)c(-n2nc(-c3nc(-c4cnn(C5CCN(CCOC)CC5)c4)cnc3N)cc(C)c2=O)c1. The minimum absolute atomic E-state index is 0.00724. The highest BCUT2D eigenvalue weighted by molar-refractivity contribution is 5.96. The van der Waals surface area contributed by atoms with Crippen molar-refractivity contribution in [2.75, 3.05) is 39.1 Å². The highest BCUT2D eigenvalue weighted by atomic mass is 16.5. The summed E-state index contributed by atoms with van der Waals surface area (Å²) in [6.45, 7) is 9.10. The lowest BCUT2D eigenvalue weighted by atomic mass is 10.1. The Labute approximate surface area is 239 Å². The van der Waals surface area contributed by atoms with Gasteiger partial charge in [0, 0.05) is 56.1 Å². The van der Waals surface area contributed by atoms with Crippen molar-refractivity contribution in [3.63, 3.8) is 0 Å². The fraction of sp³-hybridized carbons (Fsp3) is 0.400. The smallest absolute Gasteiger partial charge is 0.274 e. The number of nitrogens with two attached hydrogens (primary N) is 1. The van der Waals surface area contributed by atoms with E-state index in [-0.39, 0.29) is 17.2 Å². The summed E-state index contributed by atoms with van der Waals surface area (Å²) in [5.41, 5.74) is 10.6. The van der Waals surface area contributed by atoms with Gasteiger partial charge >= 0.3 is 0 Å². The summed E-state index contributed by atoms with van der Waals surface area (Å²) in [6.07, 6.45) is 7.81. The van der Waals surface area contributed by atoms with Crippen LogP contribution in [0.2, 0.25) is 0 Å². The Kier molecular flexibility index (Phi) is 8.36. The van der Waals surface area contributed by atoms with Crippen LogP contribution in [-0.4, -0.2) is 73.6 Å². The average Bonchev–Trinajstić information content (AvgIpc) is 3.48. The van der Waals surface area contributed by atoms with Crippen LogP contribution in [0.5, 0.6) is 0 Å². The zero-order chi connectivity index (χ0) is 29.1. The average molecular weight is 557 g/mol. The number of hydrogen-bond donors (Lipinski definition) is 1. The summed E-state index contributed by atoms with van der Waals surface area (Å²) in [6, 6.07) is 7.28. The van der Waals surface area contributed by atoms with Crippen molar-refractivity contribution in [1.82, 2.24) is 34.4 Å². The molecule has 0 spiro atoms. The zero-order valence-electron chi connectivity index (χ0n) is 24.0. The summed E-state index contributed by atoms with van der Waals surface area (Å²) in [5, 5.41) is 9.27. The molecule has 3 aromatic heterocycles. The van der Waals surface area contributed by atoms with E-state index in [0.717, 1.165) is 50.2 Å². The molecule has 1 saturated heterocycles. The molecule has 0 saturated carbocycles. The molecule has 2 N–H and O–H groups in total. The van der Waals surface area contributed by atoms with Crippen LogP contribution < -0.4 is 11.3 Å². The number of piperidine rings is 1. The molecule has 1 aliphatic rings. The van der Waals surface area contributed by atoms with E-state index in [2.05, 4.69) is 20.1 Å². The van der Waals surface area contributed by atoms with Crippen molar-refractivity contribution < 1.29 is 9.53 Å². The molecule has 11 heteroatoms. The van der Waals surface area contributed by atoms with E-state index in [1.165, 1.54) is 4.68 Å². The van der Waals surface area contributed by atoms with E-state index >= 15 is 0 Å². The summed E-state index contributed by atoms with van der Waals surface area (Å²) >= 11 is 0. The molecule has 1 aromatic carbocycles. The second kappa shape index (κ2) is 12.1. The van der Waals surface area contributed by atoms with Gasteiger partial charge in [0.05, 0.1) is 36.4 Å². The number of ether oxygens (including phenoxy) is 1. The van der Waals surface area contributed by atoms with Gasteiger partial charge in [-0.2, -0.15) is 14.9 Å². The molecule has 0 radical (unpaired) electrons. The lowest BCUT2D eigenvalue weighted by molar-refractivity contribution is 0.0988. The van der Waals surface area contributed by atoms with Gasteiger partial charge in [0.2, 0.25) is 0 Å². The third kappa shape index (κ3) is 5.96. The first-order valence-electron chi connectivity index (χ1n) is 13.9. The number of benzene rings is 1. The number of carbonyl (C=O) groups excluding carboxylic acids is 1. The van der Waals surface area contributed by atoms with Crippen molar-refractivity contribution in [2.45, 2.75) is 46.1 Å². The molecule has 0 unspecified atom stereocenters. The van der Waals surface area contributed by atoms with Crippen LogP contribution in [0.1, 0.15) is 53.7 Å². The number of methoxy groups -OCH3 is 1. The Balaban J connectivity index is 1.46. The third-order valence-corrected chi connectivity index (χ3v) is 7.65. The molecule has 4 aromatic rings. The van der Waals surface area contributed by atoms with Gasteiger partial charge in [-0.3, -0.25) is 14.3 Å². The molecular weight excluding hydrogens is 520 g/mol. The predicted octanol–water partition coefficient (Wildman–Crippen LogP) is 3.63. The van der Waals surface area contributed by atoms with Crippen LogP contribution in [0.4, 0.5) is 5.82 Å². The lowest BCUT2D eigenvalue weighted by Gasteiger charge is -2.31. The molecule has 1 fully saturated rings. The second-order valence-electron chi connectivity index (χ2n) is 10.5. The van der Waals surface area contributed by atoms with Gasteiger partial charge in [-0.25, -0.2) is 9.97 Å². The molecule has 0 aliphatic carbocycles. The maximum absolute atomic E-state index is 13.2. The highest BCUT2D eigenvalue weighted by Gasteiger charge is 2.22. The Morgan fingerprint density at radius 2 is 1.88 bits per heavy atom. The number of likely N-dealkylation sites (tertiary alicyclic amines) is 1. The number of ketones is 1. The fourth-order valence-corrected chi connectivity index (χ4v) is 5.13. The van der Waals surface area contributed by atoms with Crippen LogP contribution in [0, 0.1) is 13.8 Å². The van der Waals surface area contributed by atoms with E-state index < -0.39 is 0 Å². The number of nitrogens with zero attached hydrogens (tertiary/aromatic N) is 7. The number of Topliss-reactive ketones (excluding diaryl/α,β-unsaturated/α-hetero) is 1. The van der Waals surface area contributed by atoms with Crippen LogP contribution in [0.25, 0.3) is 28.3 Å². The Hall–Kier alpha value is -4.22. The molecule has 41 heavy (non-hydrogen) atoms. The summed E-state index contributed by atoms with van der Waals surface area (Å²) in [5.74, 6) is 0.195. The first kappa shape index (κ1) is 28.3.